The first-order valence-electron chi connectivity index (χ1n) is 11.3. The number of nitrogens with one attached hydrogen (secondary N) is 2. The van der Waals surface area contributed by atoms with Gasteiger partial charge in [0, 0.05) is 5.56 Å². The van der Waals surface area contributed by atoms with Gasteiger partial charge in [0.1, 0.15) is 0 Å². The van der Waals surface area contributed by atoms with E-state index in [9.17, 15) is 13.2 Å². The number of carbonyl (C=O) groups excluding carboxylic acids is 1. The van der Waals surface area contributed by atoms with E-state index in [4.69, 9.17) is 0 Å². The minimum absolute atomic E-state index is 0.0975. The Kier molecular flexibility index (Phi) is 6.30. The molecule has 0 heterocycles. The van der Waals surface area contributed by atoms with Gasteiger partial charge in [-0.1, -0.05) is 42.0 Å². The Morgan fingerprint density at radius 2 is 1.64 bits per heavy atom. The van der Waals surface area contributed by atoms with Gasteiger partial charge >= 0.3 is 0 Å². The quantitative estimate of drug-likeness (QED) is 0.516. The standard InChI is InChI=1S/C27H30N2O3S/c1-17-8-13-25(19(3)14-17)29-33(31,32)26-16-24(10-9-18(26)2)27(30)28-20(4)22-12-11-21-6-5-7-23(21)15-22/h8-16,20,29H,5-7H2,1-4H3,(H,28,30)/t20-/m1/s1. The summed E-state index contributed by atoms with van der Waals surface area (Å²) in [6.45, 7) is 7.50. The van der Waals surface area contributed by atoms with Crippen LogP contribution >= 0.6 is 0 Å². The number of carbonyl (C=O) groups is 1. The minimum atomic E-state index is -3.85. The average Bonchev–Trinajstić information content (AvgIpc) is 3.23. The van der Waals surface area contributed by atoms with Crippen LogP contribution in [0.5, 0.6) is 0 Å². The molecule has 1 atom stereocenters. The van der Waals surface area contributed by atoms with Gasteiger partial charge in [-0.25, -0.2) is 8.42 Å². The van der Waals surface area contributed by atoms with Crippen LogP contribution in [0.4, 0.5) is 5.69 Å². The summed E-state index contributed by atoms with van der Waals surface area (Å²) in [5.74, 6) is -0.300. The molecule has 0 radical (unpaired) electrons. The van der Waals surface area contributed by atoms with Crippen LogP contribution in [0, 0.1) is 20.8 Å². The van der Waals surface area contributed by atoms with Gasteiger partial charge in [-0.2, -0.15) is 0 Å². The Labute approximate surface area is 196 Å². The molecule has 33 heavy (non-hydrogen) atoms. The largest absolute Gasteiger partial charge is 0.346 e. The lowest BCUT2D eigenvalue weighted by molar-refractivity contribution is 0.0939. The van der Waals surface area contributed by atoms with E-state index in [1.54, 1.807) is 25.1 Å². The van der Waals surface area contributed by atoms with Gasteiger partial charge < -0.3 is 5.32 Å². The SMILES string of the molecule is Cc1ccc(NS(=O)(=O)c2cc(C(=O)N[C@H](C)c3ccc4c(c3)CCC4)ccc2C)c(C)c1. The first-order chi connectivity index (χ1) is 15.6. The highest BCUT2D eigenvalue weighted by Gasteiger charge is 2.21. The second-order valence-corrected chi connectivity index (χ2v) is 10.6. The van der Waals surface area contributed by atoms with Crippen molar-refractivity contribution in [3.63, 3.8) is 0 Å². The summed E-state index contributed by atoms with van der Waals surface area (Å²) in [7, 11) is -3.85. The Balaban J connectivity index is 1.55. The van der Waals surface area contributed by atoms with Gasteiger partial charge in [0.2, 0.25) is 0 Å². The van der Waals surface area contributed by atoms with E-state index in [1.165, 1.54) is 23.6 Å². The summed E-state index contributed by atoms with van der Waals surface area (Å²) in [6.07, 6.45) is 3.37. The van der Waals surface area contributed by atoms with E-state index in [-0.39, 0.29) is 16.8 Å². The predicted molar refractivity (Wildman–Crippen MR) is 132 cm³/mol. The second-order valence-electron chi connectivity index (χ2n) is 8.98. The van der Waals surface area contributed by atoms with E-state index in [0.717, 1.165) is 29.5 Å². The maximum absolute atomic E-state index is 13.1. The molecule has 4 rings (SSSR count). The summed E-state index contributed by atoms with van der Waals surface area (Å²) >= 11 is 0. The lowest BCUT2D eigenvalue weighted by Gasteiger charge is -2.17. The average molecular weight is 463 g/mol. The molecule has 0 aliphatic heterocycles. The summed E-state index contributed by atoms with van der Waals surface area (Å²) in [6, 6.07) is 16.5. The van der Waals surface area contributed by atoms with Crippen molar-refractivity contribution in [3.8, 4) is 0 Å². The molecule has 1 aliphatic rings. The van der Waals surface area contributed by atoms with Crippen molar-refractivity contribution >= 4 is 21.6 Å². The van der Waals surface area contributed by atoms with Crippen LogP contribution in [0.2, 0.25) is 0 Å². The number of aryl methyl sites for hydroxylation is 5. The molecule has 1 aliphatic carbocycles. The number of hydrogen-bond acceptors (Lipinski definition) is 3. The van der Waals surface area contributed by atoms with Gasteiger partial charge in [0.05, 0.1) is 16.6 Å². The van der Waals surface area contributed by atoms with Crippen LogP contribution in [0.15, 0.2) is 59.5 Å². The highest BCUT2D eigenvalue weighted by atomic mass is 32.2. The van der Waals surface area contributed by atoms with Crippen molar-refractivity contribution in [2.24, 2.45) is 0 Å². The number of anilines is 1. The maximum Gasteiger partial charge on any atom is 0.262 e. The van der Waals surface area contributed by atoms with Crippen LogP contribution in [-0.2, 0) is 22.9 Å². The molecule has 3 aromatic carbocycles. The van der Waals surface area contributed by atoms with Crippen molar-refractivity contribution in [2.45, 2.75) is 57.9 Å². The minimum Gasteiger partial charge on any atom is -0.346 e. The van der Waals surface area contributed by atoms with E-state index in [0.29, 0.717) is 16.8 Å². The Hall–Kier alpha value is -3.12. The third-order valence-electron chi connectivity index (χ3n) is 6.34. The number of sulfonamides is 1. The zero-order valence-corrected chi connectivity index (χ0v) is 20.3. The molecular formula is C27H30N2O3S. The molecule has 2 N–H and O–H groups in total. The number of rotatable bonds is 6. The van der Waals surface area contributed by atoms with Crippen molar-refractivity contribution in [1.82, 2.24) is 5.32 Å². The molecule has 0 fully saturated rings. The molecule has 0 saturated heterocycles. The zero-order valence-electron chi connectivity index (χ0n) is 19.5. The van der Waals surface area contributed by atoms with Crippen molar-refractivity contribution in [2.75, 3.05) is 4.72 Å². The third-order valence-corrected chi connectivity index (χ3v) is 7.84. The normalized spacial score (nSPS) is 13.9. The molecule has 5 nitrogen and oxygen atoms in total. The maximum atomic E-state index is 13.1. The van der Waals surface area contributed by atoms with Gasteiger partial charge in [0.25, 0.3) is 15.9 Å². The molecule has 0 spiro atoms. The molecule has 0 bridgehead atoms. The topological polar surface area (TPSA) is 75.3 Å². The highest BCUT2D eigenvalue weighted by molar-refractivity contribution is 7.92. The van der Waals surface area contributed by atoms with Crippen LogP contribution in [-0.4, -0.2) is 14.3 Å². The lowest BCUT2D eigenvalue weighted by atomic mass is 10.0. The molecular weight excluding hydrogens is 432 g/mol. The van der Waals surface area contributed by atoms with Gasteiger partial charge in [-0.3, -0.25) is 9.52 Å². The van der Waals surface area contributed by atoms with Crippen molar-refractivity contribution < 1.29 is 13.2 Å². The first kappa shape index (κ1) is 23.1. The number of benzene rings is 3. The zero-order chi connectivity index (χ0) is 23.8. The molecule has 6 heteroatoms. The van der Waals surface area contributed by atoms with Gasteiger partial charge in [0.15, 0.2) is 0 Å². The first-order valence-corrected chi connectivity index (χ1v) is 12.8. The van der Waals surface area contributed by atoms with Crippen LogP contribution < -0.4 is 10.0 Å². The van der Waals surface area contributed by atoms with E-state index >= 15 is 0 Å². The summed E-state index contributed by atoms with van der Waals surface area (Å²) in [4.78, 5) is 13.1. The van der Waals surface area contributed by atoms with Crippen LogP contribution in [0.25, 0.3) is 0 Å². The predicted octanol–water partition coefficient (Wildman–Crippen LogP) is 5.39. The molecule has 0 unspecified atom stereocenters. The van der Waals surface area contributed by atoms with E-state index in [2.05, 4.69) is 28.2 Å². The molecule has 3 aromatic rings. The second kappa shape index (κ2) is 9.02. The molecule has 1 amide bonds. The fraction of sp³-hybridized carbons (Fsp3) is 0.296. The number of hydrogen-bond donors (Lipinski definition) is 2. The highest BCUT2D eigenvalue weighted by Crippen LogP contribution is 2.26. The summed E-state index contributed by atoms with van der Waals surface area (Å²) in [5.41, 5.74) is 7.12. The van der Waals surface area contributed by atoms with Gasteiger partial charge in [-0.05, 0) is 93.0 Å². The Bertz CT molecular complexity index is 1330. The van der Waals surface area contributed by atoms with Crippen molar-refractivity contribution in [1.29, 1.82) is 0 Å². The Morgan fingerprint density at radius 1 is 0.879 bits per heavy atom. The van der Waals surface area contributed by atoms with Gasteiger partial charge in [-0.15, -0.1) is 0 Å². The van der Waals surface area contributed by atoms with Crippen LogP contribution in [0.1, 0.15) is 63.1 Å². The number of fused-ring (bicyclic) bond motifs is 1. The summed E-state index contributed by atoms with van der Waals surface area (Å²) < 4.78 is 29.0. The van der Waals surface area contributed by atoms with E-state index in [1.807, 2.05) is 32.9 Å². The van der Waals surface area contributed by atoms with Crippen molar-refractivity contribution in [3.05, 3.63) is 93.5 Å². The lowest BCUT2D eigenvalue weighted by Crippen LogP contribution is -2.27. The van der Waals surface area contributed by atoms with E-state index < -0.39 is 10.0 Å². The fourth-order valence-corrected chi connectivity index (χ4v) is 5.79. The fourth-order valence-electron chi connectivity index (χ4n) is 4.38. The summed E-state index contributed by atoms with van der Waals surface area (Å²) in [5, 5.41) is 3.01. The molecule has 0 aromatic heterocycles. The Morgan fingerprint density at radius 3 is 2.39 bits per heavy atom. The monoisotopic (exact) mass is 462 g/mol. The smallest absolute Gasteiger partial charge is 0.262 e. The van der Waals surface area contributed by atoms with Crippen LogP contribution in [0.3, 0.4) is 0 Å². The third kappa shape index (κ3) is 4.96. The number of amides is 1. The molecule has 0 saturated carbocycles. The molecule has 172 valence electrons.